The average Bonchev–Trinajstić information content (AvgIpc) is 2.86. The zero-order valence-electron chi connectivity index (χ0n) is 11.4. The molecule has 0 saturated heterocycles. The Hall–Kier alpha value is -0.420. The summed E-state index contributed by atoms with van der Waals surface area (Å²) in [6.07, 6.45) is 7.00. The van der Waals surface area contributed by atoms with E-state index in [1.165, 1.54) is 25.7 Å². The maximum absolute atomic E-state index is 11.6. The topological polar surface area (TPSA) is 45.8 Å². The minimum absolute atomic E-state index is 0.0349. The second-order valence-corrected chi connectivity index (χ2v) is 6.73. The van der Waals surface area contributed by atoms with Crippen molar-refractivity contribution in [2.75, 3.05) is 11.5 Å². The lowest BCUT2D eigenvalue weighted by atomic mass is 9.91. The number of hydrogen-bond donors (Lipinski definition) is 2. The smallest absolute Gasteiger partial charge is 0.251 e. The van der Waals surface area contributed by atoms with Crippen LogP contribution in [0.15, 0.2) is 16.0 Å². The lowest BCUT2D eigenvalue weighted by Crippen LogP contribution is -2.22. The van der Waals surface area contributed by atoms with Crippen molar-refractivity contribution in [2.24, 2.45) is 5.41 Å². The van der Waals surface area contributed by atoms with Gasteiger partial charge in [-0.05, 0) is 30.4 Å². The zero-order chi connectivity index (χ0) is 13.7. The molecule has 1 fully saturated rings. The molecule has 1 aliphatic carbocycles. The fourth-order valence-corrected chi connectivity index (χ4v) is 4.40. The summed E-state index contributed by atoms with van der Waals surface area (Å²) in [5.41, 5.74) is 1.21. The van der Waals surface area contributed by atoms with Gasteiger partial charge in [0.15, 0.2) is 5.16 Å². The van der Waals surface area contributed by atoms with E-state index in [4.69, 9.17) is 0 Å². The molecule has 0 spiro atoms. The van der Waals surface area contributed by atoms with Gasteiger partial charge in [-0.3, -0.25) is 4.79 Å². The number of aromatic nitrogens is 2. The van der Waals surface area contributed by atoms with Crippen molar-refractivity contribution in [3.63, 3.8) is 0 Å². The van der Waals surface area contributed by atoms with Crippen LogP contribution in [0, 0.1) is 5.41 Å². The van der Waals surface area contributed by atoms with Crippen LogP contribution >= 0.6 is 24.4 Å². The fraction of sp³-hybridized carbons (Fsp3) is 0.714. The molecular formula is C14H22N2OS2. The molecule has 1 heterocycles. The minimum Gasteiger partial charge on any atom is -0.301 e. The summed E-state index contributed by atoms with van der Waals surface area (Å²) in [5, 5.41) is 0.768. The Kier molecular flexibility index (Phi) is 5.39. The van der Waals surface area contributed by atoms with E-state index < -0.39 is 0 Å². The van der Waals surface area contributed by atoms with E-state index in [0.717, 1.165) is 35.2 Å². The predicted octanol–water partition coefficient (Wildman–Crippen LogP) is 3.30. The van der Waals surface area contributed by atoms with Gasteiger partial charge in [0.05, 0.1) is 0 Å². The van der Waals surface area contributed by atoms with Crippen LogP contribution in [0.1, 0.15) is 44.7 Å². The normalized spacial score (nSPS) is 17.8. The van der Waals surface area contributed by atoms with Gasteiger partial charge in [0, 0.05) is 17.5 Å². The largest absolute Gasteiger partial charge is 0.301 e. The molecule has 1 N–H and O–H groups in total. The molecule has 0 amide bonds. The number of thioether (sulfide) groups is 1. The van der Waals surface area contributed by atoms with Gasteiger partial charge >= 0.3 is 0 Å². The van der Waals surface area contributed by atoms with Crippen molar-refractivity contribution in [3.05, 3.63) is 22.1 Å². The maximum atomic E-state index is 11.6. The first kappa shape index (κ1) is 15.0. The van der Waals surface area contributed by atoms with Crippen LogP contribution in [0.3, 0.4) is 0 Å². The van der Waals surface area contributed by atoms with Gasteiger partial charge in [0.1, 0.15) is 0 Å². The molecule has 3 nitrogen and oxygen atoms in total. The van der Waals surface area contributed by atoms with Crippen molar-refractivity contribution in [3.8, 4) is 0 Å². The first-order chi connectivity index (χ1) is 9.17. The maximum Gasteiger partial charge on any atom is 0.251 e. The SMILES string of the molecule is CCCc1cc(=O)[nH]c(SCC2(CS)CCCC2)n1. The highest BCUT2D eigenvalue weighted by Gasteiger charge is 2.32. The van der Waals surface area contributed by atoms with Crippen molar-refractivity contribution < 1.29 is 0 Å². The first-order valence-electron chi connectivity index (χ1n) is 7.01. The second kappa shape index (κ2) is 6.84. The third-order valence-corrected chi connectivity index (χ3v) is 5.69. The molecular weight excluding hydrogens is 276 g/mol. The first-order valence-corrected chi connectivity index (χ1v) is 8.63. The summed E-state index contributed by atoms with van der Waals surface area (Å²) < 4.78 is 0. The van der Waals surface area contributed by atoms with Gasteiger partial charge in [-0.2, -0.15) is 12.6 Å². The Morgan fingerprint density at radius 1 is 1.47 bits per heavy atom. The summed E-state index contributed by atoms with van der Waals surface area (Å²) >= 11 is 6.20. The fourth-order valence-electron chi connectivity index (χ4n) is 2.63. The van der Waals surface area contributed by atoms with E-state index in [2.05, 4.69) is 29.5 Å². The molecule has 1 saturated carbocycles. The quantitative estimate of drug-likeness (QED) is 0.481. The van der Waals surface area contributed by atoms with Crippen LogP contribution in [0.2, 0.25) is 0 Å². The Morgan fingerprint density at radius 2 is 2.21 bits per heavy atom. The molecule has 1 aliphatic rings. The summed E-state index contributed by atoms with van der Waals surface area (Å²) in [4.78, 5) is 19.0. The van der Waals surface area contributed by atoms with Crippen molar-refractivity contribution in [2.45, 2.75) is 50.6 Å². The van der Waals surface area contributed by atoms with Crippen LogP contribution in [0.25, 0.3) is 0 Å². The molecule has 0 unspecified atom stereocenters. The number of thiol groups is 1. The van der Waals surface area contributed by atoms with Crippen LogP contribution in [-0.2, 0) is 6.42 Å². The van der Waals surface area contributed by atoms with Gasteiger partial charge in [-0.1, -0.05) is 37.9 Å². The Balaban J connectivity index is 2.04. The lowest BCUT2D eigenvalue weighted by molar-refractivity contribution is 0.403. The summed E-state index contributed by atoms with van der Waals surface area (Å²) in [5.74, 6) is 1.94. The number of aryl methyl sites for hydroxylation is 1. The van der Waals surface area contributed by atoms with Crippen LogP contribution in [0.5, 0.6) is 0 Å². The molecule has 19 heavy (non-hydrogen) atoms. The molecule has 0 atom stereocenters. The van der Waals surface area contributed by atoms with E-state index in [0.29, 0.717) is 5.41 Å². The molecule has 1 aromatic heterocycles. The zero-order valence-corrected chi connectivity index (χ0v) is 13.2. The standard InChI is InChI=1S/C14H22N2OS2/c1-2-5-11-8-12(17)16-13(15-11)19-10-14(9-18)6-3-4-7-14/h8,18H,2-7,9-10H2,1H3,(H,15,16,17). The highest BCUT2D eigenvalue weighted by atomic mass is 32.2. The Bertz CT molecular complexity index is 467. The molecule has 0 aromatic carbocycles. The molecule has 5 heteroatoms. The van der Waals surface area contributed by atoms with Crippen molar-refractivity contribution in [1.29, 1.82) is 0 Å². The molecule has 1 aromatic rings. The second-order valence-electron chi connectivity index (χ2n) is 5.45. The Labute approximate surface area is 124 Å². The number of nitrogens with zero attached hydrogens (tertiary/aromatic N) is 1. The third-order valence-electron chi connectivity index (χ3n) is 3.79. The highest BCUT2D eigenvalue weighted by molar-refractivity contribution is 7.99. The van der Waals surface area contributed by atoms with Gasteiger partial charge in [-0.15, -0.1) is 0 Å². The predicted molar refractivity (Wildman–Crippen MR) is 84.3 cm³/mol. The monoisotopic (exact) mass is 298 g/mol. The van der Waals surface area contributed by atoms with Gasteiger partial charge in [-0.25, -0.2) is 4.98 Å². The molecule has 0 bridgehead atoms. The van der Waals surface area contributed by atoms with E-state index >= 15 is 0 Å². The molecule has 106 valence electrons. The summed E-state index contributed by atoms with van der Waals surface area (Å²) in [6.45, 7) is 2.10. The van der Waals surface area contributed by atoms with E-state index in [9.17, 15) is 4.79 Å². The highest BCUT2D eigenvalue weighted by Crippen LogP contribution is 2.42. The van der Waals surface area contributed by atoms with Gasteiger partial charge in [0.25, 0.3) is 5.56 Å². The van der Waals surface area contributed by atoms with E-state index in [1.807, 2.05) is 0 Å². The number of nitrogens with one attached hydrogen (secondary N) is 1. The van der Waals surface area contributed by atoms with Gasteiger partial charge in [0.2, 0.25) is 0 Å². The number of rotatable bonds is 6. The molecule has 0 radical (unpaired) electrons. The lowest BCUT2D eigenvalue weighted by Gasteiger charge is -2.25. The average molecular weight is 298 g/mol. The Morgan fingerprint density at radius 3 is 2.84 bits per heavy atom. The number of H-pyrrole nitrogens is 1. The number of aromatic amines is 1. The minimum atomic E-state index is -0.0349. The number of hydrogen-bond acceptors (Lipinski definition) is 4. The van der Waals surface area contributed by atoms with Crippen LogP contribution < -0.4 is 5.56 Å². The van der Waals surface area contributed by atoms with Crippen LogP contribution in [0.4, 0.5) is 0 Å². The van der Waals surface area contributed by atoms with Crippen molar-refractivity contribution >= 4 is 24.4 Å². The third kappa shape index (κ3) is 4.02. The van der Waals surface area contributed by atoms with Crippen molar-refractivity contribution in [1.82, 2.24) is 9.97 Å². The van der Waals surface area contributed by atoms with E-state index in [-0.39, 0.29) is 5.56 Å². The molecule has 2 rings (SSSR count). The summed E-state index contributed by atoms with van der Waals surface area (Å²) in [7, 11) is 0. The van der Waals surface area contributed by atoms with E-state index in [1.54, 1.807) is 17.8 Å². The van der Waals surface area contributed by atoms with Gasteiger partial charge < -0.3 is 4.98 Å². The summed E-state index contributed by atoms with van der Waals surface area (Å²) in [6, 6.07) is 1.61. The van der Waals surface area contributed by atoms with Crippen LogP contribution in [-0.4, -0.2) is 21.5 Å². The molecule has 0 aliphatic heterocycles.